The van der Waals surface area contributed by atoms with Crippen molar-refractivity contribution in [3.8, 4) is 11.7 Å². The normalized spacial score (nSPS) is 14.4. The molecular formula is C20H24N6O. The smallest absolute Gasteiger partial charge is 0.213 e. The van der Waals surface area contributed by atoms with Crippen LogP contribution in [0.25, 0.3) is 5.82 Å². The molecule has 0 atom stereocenters. The third kappa shape index (κ3) is 4.24. The van der Waals surface area contributed by atoms with Gasteiger partial charge in [0.05, 0.1) is 18.1 Å². The van der Waals surface area contributed by atoms with E-state index in [1.165, 1.54) is 12.8 Å². The summed E-state index contributed by atoms with van der Waals surface area (Å²) in [6.45, 7) is 4.58. The molecule has 0 unspecified atom stereocenters. The van der Waals surface area contributed by atoms with Crippen molar-refractivity contribution in [3.63, 3.8) is 0 Å². The van der Waals surface area contributed by atoms with E-state index in [1.54, 1.807) is 17.1 Å². The number of anilines is 1. The molecule has 1 N–H and O–H groups in total. The van der Waals surface area contributed by atoms with E-state index in [2.05, 4.69) is 25.4 Å². The highest BCUT2D eigenvalue weighted by molar-refractivity contribution is 5.37. The zero-order valence-electron chi connectivity index (χ0n) is 15.7. The number of hydrogen-bond acceptors (Lipinski definition) is 6. The Morgan fingerprint density at radius 1 is 1.15 bits per heavy atom. The minimum atomic E-state index is 0.328. The van der Waals surface area contributed by atoms with Crippen molar-refractivity contribution in [1.29, 1.82) is 0 Å². The third-order valence-electron chi connectivity index (χ3n) is 4.71. The maximum Gasteiger partial charge on any atom is 0.213 e. The van der Waals surface area contributed by atoms with Crippen LogP contribution >= 0.6 is 0 Å². The topological polar surface area (TPSA) is 77.8 Å². The van der Waals surface area contributed by atoms with Crippen molar-refractivity contribution in [3.05, 3.63) is 53.7 Å². The molecular weight excluding hydrogens is 340 g/mol. The van der Waals surface area contributed by atoms with E-state index in [1.807, 2.05) is 38.2 Å². The molecule has 140 valence electrons. The zero-order valence-corrected chi connectivity index (χ0v) is 15.7. The second-order valence-corrected chi connectivity index (χ2v) is 6.98. The second-order valence-electron chi connectivity index (χ2n) is 6.98. The number of nitrogens with one attached hydrogen (secondary N) is 1. The molecule has 0 aromatic carbocycles. The lowest BCUT2D eigenvalue weighted by Gasteiger charge is -2.12. The van der Waals surface area contributed by atoms with Gasteiger partial charge in [-0.15, -0.1) is 0 Å². The van der Waals surface area contributed by atoms with Gasteiger partial charge in [0.15, 0.2) is 5.82 Å². The van der Waals surface area contributed by atoms with E-state index < -0.39 is 0 Å². The highest BCUT2D eigenvalue weighted by atomic mass is 16.5. The monoisotopic (exact) mass is 364 g/mol. The second kappa shape index (κ2) is 7.73. The number of pyridine rings is 1. The number of aromatic nitrogens is 5. The minimum absolute atomic E-state index is 0.328. The van der Waals surface area contributed by atoms with Crippen LogP contribution in [-0.4, -0.2) is 30.8 Å². The number of aryl methyl sites for hydroxylation is 2. The predicted molar refractivity (Wildman–Crippen MR) is 103 cm³/mol. The molecule has 7 heteroatoms. The summed E-state index contributed by atoms with van der Waals surface area (Å²) in [5.74, 6) is 2.10. The number of ether oxygens (including phenoxy) is 1. The summed E-state index contributed by atoms with van der Waals surface area (Å²) in [6, 6.07) is 5.98. The summed E-state index contributed by atoms with van der Waals surface area (Å²) in [7, 11) is 0. The van der Waals surface area contributed by atoms with Gasteiger partial charge in [-0.25, -0.2) is 14.6 Å². The van der Waals surface area contributed by atoms with Gasteiger partial charge in [-0.2, -0.15) is 5.10 Å². The van der Waals surface area contributed by atoms with Crippen LogP contribution in [0.3, 0.4) is 0 Å². The fourth-order valence-electron chi connectivity index (χ4n) is 3.36. The van der Waals surface area contributed by atoms with Gasteiger partial charge >= 0.3 is 0 Å². The molecule has 1 saturated carbocycles. The molecule has 3 aromatic heterocycles. The fourth-order valence-corrected chi connectivity index (χ4v) is 3.36. The SMILES string of the molecule is Cc1cc(C)n(-c2cncc(NCc3ccc(OC4CCCC4)nc3)n2)n1. The number of rotatable bonds is 6. The standard InChI is InChI=1S/C20H24N6O/c1-14-9-15(2)26(25-14)19-13-21-12-18(24-19)22-10-16-7-8-20(23-11-16)27-17-5-3-4-6-17/h7-9,11-13,17H,3-6,10H2,1-2H3,(H,22,24). The summed E-state index contributed by atoms with van der Waals surface area (Å²) < 4.78 is 7.70. The molecule has 0 bridgehead atoms. The lowest BCUT2D eigenvalue weighted by Crippen LogP contribution is -2.12. The van der Waals surface area contributed by atoms with Crippen molar-refractivity contribution in [1.82, 2.24) is 24.7 Å². The van der Waals surface area contributed by atoms with Crippen LogP contribution in [0, 0.1) is 13.8 Å². The molecule has 7 nitrogen and oxygen atoms in total. The third-order valence-corrected chi connectivity index (χ3v) is 4.71. The van der Waals surface area contributed by atoms with Crippen molar-refractivity contribution in [2.45, 2.75) is 52.2 Å². The summed E-state index contributed by atoms with van der Waals surface area (Å²) in [5.41, 5.74) is 3.05. The highest BCUT2D eigenvalue weighted by Crippen LogP contribution is 2.23. The van der Waals surface area contributed by atoms with Crippen LogP contribution in [0.4, 0.5) is 5.82 Å². The van der Waals surface area contributed by atoms with Crippen molar-refractivity contribution < 1.29 is 4.74 Å². The first-order valence-corrected chi connectivity index (χ1v) is 9.38. The van der Waals surface area contributed by atoms with Gasteiger partial charge in [0, 0.05) is 24.5 Å². The Balaban J connectivity index is 1.38. The highest BCUT2D eigenvalue weighted by Gasteiger charge is 2.16. The molecule has 1 fully saturated rings. The Bertz CT molecular complexity index is 899. The van der Waals surface area contributed by atoms with Crippen LogP contribution in [0.5, 0.6) is 5.88 Å². The van der Waals surface area contributed by atoms with Gasteiger partial charge in [0.2, 0.25) is 5.88 Å². The Morgan fingerprint density at radius 3 is 2.70 bits per heavy atom. The first-order valence-electron chi connectivity index (χ1n) is 9.38. The van der Waals surface area contributed by atoms with Gasteiger partial charge < -0.3 is 10.1 Å². The summed E-state index contributed by atoms with van der Waals surface area (Å²) in [5, 5.41) is 7.75. The van der Waals surface area contributed by atoms with Crippen LogP contribution in [-0.2, 0) is 6.54 Å². The minimum Gasteiger partial charge on any atom is -0.474 e. The Hall–Kier alpha value is -2.96. The van der Waals surface area contributed by atoms with E-state index in [0.29, 0.717) is 30.2 Å². The van der Waals surface area contributed by atoms with E-state index in [-0.39, 0.29) is 0 Å². The molecule has 1 aliphatic carbocycles. The average Bonchev–Trinajstić information content (AvgIpc) is 3.30. The zero-order chi connectivity index (χ0) is 18.6. The van der Waals surface area contributed by atoms with E-state index in [0.717, 1.165) is 29.8 Å². The van der Waals surface area contributed by atoms with Crippen LogP contribution in [0.1, 0.15) is 42.6 Å². The molecule has 4 rings (SSSR count). The van der Waals surface area contributed by atoms with Gasteiger partial charge in [-0.3, -0.25) is 4.98 Å². The number of nitrogens with zero attached hydrogens (tertiary/aromatic N) is 5. The maximum atomic E-state index is 5.91. The van der Waals surface area contributed by atoms with E-state index in [4.69, 9.17) is 4.74 Å². The van der Waals surface area contributed by atoms with E-state index >= 15 is 0 Å². The lowest BCUT2D eigenvalue weighted by atomic mass is 10.3. The summed E-state index contributed by atoms with van der Waals surface area (Å²) >= 11 is 0. The molecule has 0 aliphatic heterocycles. The molecule has 3 aromatic rings. The molecule has 3 heterocycles. The van der Waals surface area contributed by atoms with Gasteiger partial charge in [0.25, 0.3) is 0 Å². The van der Waals surface area contributed by atoms with E-state index in [9.17, 15) is 0 Å². The van der Waals surface area contributed by atoms with Crippen molar-refractivity contribution in [2.24, 2.45) is 0 Å². The lowest BCUT2D eigenvalue weighted by molar-refractivity contribution is 0.201. The molecule has 0 radical (unpaired) electrons. The molecule has 0 saturated heterocycles. The Morgan fingerprint density at radius 2 is 2.00 bits per heavy atom. The first-order chi connectivity index (χ1) is 13.2. The molecule has 1 aliphatic rings. The Kier molecular flexibility index (Phi) is 5.00. The molecule has 0 spiro atoms. The Labute approximate surface area is 158 Å². The van der Waals surface area contributed by atoms with Crippen molar-refractivity contribution in [2.75, 3.05) is 5.32 Å². The number of hydrogen-bond donors (Lipinski definition) is 1. The molecule has 0 amide bonds. The van der Waals surface area contributed by atoms with Gasteiger partial charge in [-0.1, -0.05) is 6.07 Å². The first kappa shape index (κ1) is 17.5. The average molecular weight is 364 g/mol. The predicted octanol–water partition coefficient (Wildman–Crippen LogP) is 3.61. The maximum absolute atomic E-state index is 5.91. The largest absolute Gasteiger partial charge is 0.474 e. The molecule has 27 heavy (non-hydrogen) atoms. The van der Waals surface area contributed by atoms with Crippen LogP contribution in [0.15, 0.2) is 36.8 Å². The quantitative estimate of drug-likeness (QED) is 0.720. The van der Waals surface area contributed by atoms with Gasteiger partial charge in [0.1, 0.15) is 11.9 Å². The van der Waals surface area contributed by atoms with Crippen LogP contribution < -0.4 is 10.1 Å². The van der Waals surface area contributed by atoms with Crippen LogP contribution in [0.2, 0.25) is 0 Å². The summed E-state index contributed by atoms with van der Waals surface area (Å²) in [6.07, 6.45) is 10.4. The fraction of sp³-hybridized carbons (Fsp3) is 0.400. The van der Waals surface area contributed by atoms with Crippen molar-refractivity contribution >= 4 is 5.82 Å². The summed E-state index contributed by atoms with van der Waals surface area (Å²) in [4.78, 5) is 13.3. The van der Waals surface area contributed by atoms with Gasteiger partial charge in [-0.05, 0) is 51.2 Å².